The van der Waals surface area contributed by atoms with Crippen LogP contribution < -0.4 is 0 Å². The van der Waals surface area contributed by atoms with E-state index < -0.39 is 0 Å². The molecule has 12 heavy (non-hydrogen) atoms. The van der Waals surface area contributed by atoms with Gasteiger partial charge in [-0.05, 0) is 12.3 Å². The molecular formula is C9H14FN2. The normalized spacial score (nSPS) is 11.1. The van der Waals surface area contributed by atoms with Crippen LogP contribution in [0.4, 0.5) is 4.39 Å². The summed E-state index contributed by atoms with van der Waals surface area (Å²) in [4.78, 5) is 0. The summed E-state index contributed by atoms with van der Waals surface area (Å²) in [6.45, 7) is 6.85. The first-order valence-corrected chi connectivity index (χ1v) is 4.28. The van der Waals surface area contributed by atoms with E-state index in [1.807, 2.05) is 6.92 Å². The molecule has 0 atom stereocenters. The molecular weight excluding hydrogens is 155 g/mol. The molecule has 0 unspecified atom stereocenters. The third-order valence-corrected chi connectivity index (χ3v) is 1.71. The lowest BCUT2D eigenvalue weighted by molar-refractivity contribution is 0.464. The van der Waals surface area contributed by atoms with Crippen LogP contribution >= 0.6 is 0 Å². The fourth-order valence-electron chi connectivity index (χ4n) is 1.18. The van der Waals surface area contributed by atoms with Crippen LogP contribution in [0.5, 0.6) is 0 Å². The molecule has 0 amide bonds. The minimum absolute atomic E-state index is 0.307. The lowest BCUT2D eigenvalue weighted by atomic mass is 10.2. The molecule has 0 bridgehead atoms. The fourth-order valence-corrected chi connectivity index (χ4v) is 1.18. The summed E-state index contributed by atoms with van der Waals surface area (Å²) in [5, 5.41) is 3.84. The standard InChI is InChI=1S/C9H14FN2/c1-4-9-8(10)5-11-12(9)6-7(2)3/h7H,4,6H2,1-3H3. The SMILES string of the molecule is CCc1c(F)[c]nn1CC(C)C. The Labute approximate surface area is 72.4 Å². The Bertz CT molecular complexity index is 253. The Kier molecular flexibility index (Phi) is 2.84. The summed E-state index contributed by atoms with van der Waals surface area (Å²) >= 11 is 0. The molecule has 1 rings (SSSR count). The number of rotatable bonds is 3. The summed E-state index contributed by atoms with van der Waals surface area (Å²) in [7, 11) is 0. The highest BCUT2D eigenvalue weighted by Crippen LogP contribution is 2.08. The third-order valence-electron chi connectivity index (χ3n) is 1.71. The first-order chi connectivity index (χ1) is 5.65. The number of hydrogen-bond donors (Lipinski definition) is 0. The number of aromatic nitrogens is 2. The average molecular weight is 169 g/mol. The molecule has 0 saturated heterocycles. The van der Waals surface area contributed by atoms with Gasteiger partial charge in [-0.1, -0.05) is 20.8 Å². The third kappa shape index (κ3) is 1.84. The van der Waals surface area contributed by atoms with Gasteiger partial charge in [-0.2, -0.15) is 5.10 Å². The minimum atomic E-state index is -0.307. The van der Waals surface area contributed by atoms with Gasteiger partial charge in [0.1, 0.15) is 0 Å². The summed E-state index contributed by atoms with van der Waals surface area (Å²) in [5.41, 5.74) is 0.656. The number of hydrogen-bond acceptors (Lipinski definition) is 1. The molecule has 1 radical (unpaired) electrons. The average Bonchev–Trinajstić information content (AvgIpc) is 2.30. The summed E-state index contributed by atoms with van der Waals surface area (Å²) < 4.78 is 14.6. The van der Waals surface area contributed by atoms with E-state index in [4.69, 9.17) is 0 Å². The molecule has 0 aliphatic heterocycles. The van der Waals surface area contributed by atoms with E-state index in [0.29, 0.717) is 18.0 Å². The molecule has 0 spiro atoms. The van der Waals surface area contributed by atoms with Gasteiger partial charge in [0.15, 0.2) is 12.0 Å². The lowest BCUT2D eigenvalue weighted by Crippen LogP contribution is -2.09. The van der Waals surface area contributed by atoms with E-state index in [9.17, 15) is 4.39 Å². The van der Waals surface area contributed by atoms with Crippen LogP contribution in [0.25, 0.3) is 0 Å². The Hall–Kier alpha value is -0.860. The minimum Gasteiger partial charge on any atom is -0.266 e. The number of halogens is 1. The van der Waals surface area contributed by atoms with E-state index in [0.717, 1.165) is 6.54 Å². The van der Waals surface area contributed by atoms with Crippen molar-refractivity contribution in [2.75, 3.05) is 0 Å². The zero-order valence-electron chi connectivity index (χ0n) is 7.76. The van der Waals surface area contributed by atoms with Gasteiger partial charge >= 0.3 is 0 Å². The van der Waals surface area contributed by atoms with Crippen LogP contribution in [0.15, 0.2) is 0 Å². The zero-order chi connectivity index (χ0) is 9.14. The van der Waals surface area contributed by atoms with Crippen LogP contribution in [-0.4, -0.2) is 9.78 Å². The molecule has 3 heteroatoms. The summed E-state index contributed by atoms with van der Waals surface area (Å²) in [6.07, 6.45) is 3.02. The van der Waals surface area contributed by atoms with Crippen LogP contribution in [-0.2, 0) is 13.0 Å². The van der Waals surface area contributed by atoms with E-state index >= 15 is 0 Å². The van der Waals surface area contributed by atoms with E-state index in [-0.39, 0.29) is 5.82 Å². The molecule has 1 aromatic heterocycles. The molecule has 1 heterocycles. The molecule has 0 fully saturated rings. The molecule has 0 aromatic carbocycles. The lowest BCUT2D eigenvalue weighted by Gasteiger charge is -2.07. The molecule has 0 saturated carbocycles. The van der Waals surface area contributed by atoms with Gasteiger partial charge in [-0.3, -0.25) is 4.68 Å². The quantitative estimate of drug-likeness (QED) is 0.677. The van der Waals surface area contributed by atoms with Gasteiger partial charge in [0.05, 0.1) is 5.69 Å². The predicted molar refractivity (Wildman–Crippen MR) is 45.2 cm³/mol. The van der Waals surface area contributed by atoms with Gasteiger partial charge in [0, 0.05) is 6.54 Å². The maximum atomic E-state index is 12.9. The van der Waals surface area contributed by atoms with Gasteiger partial charge < -0.3 is 0 Å². The molecule has 0 aliphatic rings. The van der Waals surface area contributed by atoms with Crippen LogP contribution in [0, 0.1) is 17.9 Å². The molecule has 0 aliphatic carbocycles. The van der Waals surface area contributed by atoms with E-state index in [1.54, 1.807) is 4.68 Å². The molecule has 0 N–H and O–H groups in total. The summed E-state index contributed by atoms with van der Waals surface area (Å²) in [5.74, 6) is 0.182. The largest absolute Gasteiger partial charge is 0.266 e. The zero-order valence-corrected chi connectivity index (χ0v) is 7.76. The van der Waals surface area contributed by atoms with Crippen LogP contribution in [0.3, 0.4) is 0 Å². The first-order valence-electron chi connectivity index (χ1n) is 4.28. The maximum absolute atomic E-state index is 12.9. The monoisotopic (exact) mass is 169 g/mol. The van der Waals surface area contributed by atoms with Gasteiger partial charge in [0.2, 0.25) is 0 Å². The van der Waals surface area contributed by atoms with Crippen LogP contribution in [0.2, 0.25) is 0 Å². The van der Waals surface area contributed by atoms with Gasteiger partial charge in [0.25, 0.3) is 0 Å². The van der Waals surface area contributed by atoms with Gasteiger partial charge in [-0.15, -0.1) is 0 Å². The molecule has 67 valence electrons. The second-order valence-corrected chi connectivity index (χ2v) is 3.30. The highest BCUT2D eigenvalue weighted by Gasteiger charge is 2.09. The Morgan fingerprint density at radius 3 is 2.75 bits per heavy atom. The smallest absolute Gasteiger partial charge is 0.174 e. The first kappa shape index (κ1) is 9.23. The van der Waals surface area contributed by atoms with Crippen molar-refractivity contribution in [1.82, 2.24) is 9.78 Å². The Morgan fingerprint density at radius 1 is 1.58 bits per heavy atom. The second kappa shape index (κ2) is 3.70. The highest BCUT2D eigenvalue weighted by atomic mass is 19.1. The topological polar surface area (TPSA) is 17.8 Å². The summed E-state index contributed by atoms with van der Waals surface area (Å²) in [6, 6.07) is 0. The molecule has 2 nitrogen and oxygen atoms in total. The van der Waals surface area contributed by atoms with Crippen molar-refractivity contribution in [3.05, 3.63) is 17.7 Å². The van der Waals surface area contributed by atoms with Crippen molar-refractivity contribution in [3.63, 3.8) is 0 Å². The highest BCUT2D eigenvalue weighted by molar-refractivity contribution is 5.02. The second-order valence-electron chi connectivity index (χ2n) is 3.30. The fraction of sp³-hybridized carbons (Fsp3) is 0.667. The van der Waals surface area contributed by atoms with Crippen molar-refractivity contribution < 1.29 is 4.39 Å². The Balaban J connectivity index is 2.84. The van der Waals surface area contributed by atoms with Crippen molar-refractivity contribution in [2.45, 2.75) is 33.7 Å². The maximum Gasteiger partial charge on any atom is 0.174 e. The van der Waals surface area contributed by atoms with E-state index in [2.05, 4.69) is 25.1 Å². The van der Waals surface area contributed by atoms with E-state index in [1.165, 1.54) is 0 Å². The van der Waals surface area contributed by atoms with Gasteiger partial charge in [-0.25, -0.2) is 4.39 Å². The number of nitrogens with zero attached hydrogens (tertiary/aromatic N) is 2. The van der Waals surface area contributed by atoms with Crippen molar-refractivity contribution >= 4 is 0 Å². The van der Waals surface area contributed by atoms with Crippen LogP contribution in [0.1, 0.15) is 26.5 Å². The van der Waals surface area contributed by atoms with Crippen molar-refractivity contribution in [1.29, 1.82) is 0 Å². The molecule has 1 aromatic rings. The predicted octanol–water partition coefficient (Wildman–Crippen LogP) is 2.04. The van der Waals surface area contributed by atoms with Crippen molar-refractivity contribution in [3.8, 4) is 0 Å². The van der Waals surface area contributed by atoms with Crippen molar-refractivity contribution in [2.24, 2.45) is 5.92 Å². The Morgan fingerprint density at radius 2 is 2.25 bits per heavy atom.